The molecule has 0 aromatic heterocycles. The van der Waals surface area contributed by atoms with Crippen LogP contribution in [0.2, 0.25) is 0 Å². The Labute approximate surface area is 183 Å². The highest BCUT2D eigenvalue weighted by atomic mass is 17.2. The number of nitrogens with one attached hydrogen (secondary N) is 3. The summed E-state index contributed by atoms with van der Waals surface area (Å²) in [6.07, 6.45) is 0. The van der Waals surface area contributed by atoms with Crippen molar-refractivity contribution in [3.8, 4) is 0 Å². The molecule has 2 aromatic carbocycles. The van der Waals surface area contributed by atoms with Gasteiger partial charge in [0, 0.05) is 52.4 Å². The molecule has 7 N–H and O–H groups in total. The third kappa shape index (κ3) is 13.2. The van der Waals surface area contributed by atoms with Gasteiger partial charge in [0.25, 0.3) is 0 Å². The topological polar surface area (TPSA) is 141 Å². The van der Waals surface area contributed by atoms with Gasteiger partial charge in [0.15, 0.2) is 0 Å². The predicted octanol–water partition coefficient (Wildman–Crippen LogP) is 0.288. The Bertz CT molecular complexity index is 655. The first-order valence-electron chi connectivity index (χ1n) is 10.2. The zero-order valence-corrected chi connectivity index (χ0v) is 17.7. The lowest BCUT2D eigenvalue weighted by Gasteiger charge is -2.06. The largest absolute Gasteiger partial charge is 0.386 e. The number of hydrogen-bond donors (Lipinski definition) is 5. The average Bonchev–Trinajstić information content (AvgIpc) is 2.83. The van der Waals surface area contributed by atoms with Crippen molar-refractivity contribution in [1.82, 2.24) is 16.0 Å². The molecular weight excluding hydrogens is 398 g/mol. The van der Waals surface area contributed by atoms with Crippen LogP contribution in [0.3, 0.4) is 0 Å². The fraction of sp³-hybridized carbons (Fsp3) is 0.364. The zero-order valence-electron chi connectivity index (χ0n) is 17.7. The Hall–Kier alpha value is -2.82. The normalized spacial score (nSPS) is 10.0. The molecule has 0 radical (unpaired) electrons. The first-order chi connectivity index (χ1) is 15.2. The van der Waals surface area contributed by atoms with Crippen molar-refractivity contribution in [2.24, 2.45) is 11.5 Å². The van der Waals surface area contributed by atoms with Crippen LogP contribution in [0.15, 0.2) is 60.7 Å². The molecule has 0 amide bonds. The molecule has 2 rings (SSSR count). The van der Waals surface area contributed by atoms with Crippen molar-refractivity contribution in [3.63, 3.8) is 0 Å². The van der Waals surface area contributed by atoms with Crippen LogP contribution in [0.1, 0.15) is 20.7 Å². The van der Waals surface area contributed by atoms with E-state index in [1.807, 2.05) is 0 Å². The van der Waals surface area contributed by atoms with E-state index < -0.39 is 11.9 Å². The molecule has 0 saturated heterocycles. The van der Waals surface area contributed by atoms with Crippen molar-refractivity contribution in [2.45, 2.75) is 0 Å². The van der Waals surface area contributed by atoms with E-state index in [0.29, 0.717) is 24.2 Å². The highest BCUT2D eigenvalue weighted by Crippen LogP contribution is 2.05. The third-order valence-electron chi connectivity index (χ3n) is 3.81. The molecule has 9 heteroatoms. The van der Waals surface area contributed by atoms with E-state index in [-0.39, 0.29) is 0 Å². The van der Waals surface area contributed by atoms with Crippen molar-refractivity contribution in [2.75, 3.05) is 52.4 Å². The number of carbonyl (C=O) groups excluding carboxylic acids is 2. The molecule has 0 heterocycles. The maximum absolute atomic E-state index is 11.5. The Morgan fingerprint density at radius 1 is 0.581 bits per heavy atom. The lowest BCUT2D eigenvalue weighted by Crippen LogP contribution is -2.35. The molecule has 0 aliphatic rings. The average molecular weight is 432 g/mol. The molecule has 0 aliphatic carbocycles. The molecule has 0 aliphatic heterocycles. The molecular formula is C22H33N5O4. The second-order valence-corrected chi connectivity index (χ2v) is 6.30. The Morgan fingerprint density at radius 2 is 0.903 bits per heavy atom. The van der Waals surface area contributed by atoms with Crippen LogP contribution in [-0.4, -0.2) is 64.3 Å². The van der Waals surface area contributed by atoms with Crippen molar-refractivity contribution in [3.05, 3.63) is 71.8 Å². The molecule has 0 bridgehead atoms. The van der Waals surface area contributed by atoms with Gasteiger partial charge in [0.05, 0.1) is 11.1 Å². The number of carbonyl (C=O) groups is 2. The lowest BCUT2D eigenvalue weighted by molar-refractivity contribution is -0.187. The molecule has 0 spiro atoms. The molecule has 0 atom stereocenters. The molecule has 2 aromatic rings. The Kier molecular flexibility index (Phi) is 15.2. The van der Waals surface area contributed by atoms with E-state index in [1.54, 1.807) is 60.7 Å². The van der Waals surface area contributed by atoms with Crippen LogP contribution in [-0.2, 0) is 9.78 Å². The number of benzene rings is 2. The summed E-state index contributed by atoms with van der Waals surface area (Å²) < 4.78 is 0. The molecule has 0 saturated carbocycles. The van der Waals surface area contributed by atoms with Crippen LogP contribution >= 0.6 is 0 Å². The zero-order chi connectivity index (χ0) is 22.6. The summed E-state index contributed by atoms with van der Waals surface area (Å²) in [6, 6.07) is 16.6. The van der Waals surface area contributed by atoms with Gasteiger partial charge in [-0.3, -0.25) is 0 Å². The minimum Gasteiger partial charge on any atom is -0.329 e. The van der Waals surface area contributed by atoms with Crippen molar-refractivity contribution >= 4 is 11.9 Å². The van der Waals surface area contributed by atoms with Crippen LogP contribution in [0.4, 0.5) is 0 Å². The van der Waals surface area contributed by atoms with E-state index in [9.17, 15) is 9.59 Å². The summed E-state index contributed by atoms with van der Waals surface area (Å²) in [4.78, 5) is 31.9. The lowest BCUT2D eigenvalue weighted by atomic mass is 10.2. The molecule has 0 unspecified atom stereocenters. The van der Waals surface area contributed by atoms with E-state index in [0.717, 1.165) is 39.3 Å². The van der Waals surface area contributed by atoms with E-state index in [4.69, 9.17) is 11.5 Å². The number of nitrogens with two attached hydrogens (primary N) is 2. The third-order valence-corrected chi connectivity index (χ3v) is 3.81. The van der Waals surface area contributed by atoms with E-state index in [1.165, 1.54) is 0 Å². The van der Waals surface area contributed by atoms with Gasteiger partial charge in [-0.2, -0.15) is 0 Å². The van der Waals surface area contributed by atoms with Gasteiger partial charge < -0.3 is 27.4 Å². The van der Waals surface area contributed by atoms with Gasteiger partial charge in [-0.1, -0.05) is 36.4 Å². The maximum Gasteiger partial charge on any atom is 0.386 e. The maximum atomic E-state index is 11.5. The first-order valence-corrected chi connectivity index (χ1v) is 10.2. The fourth-order valence-electron chi connectivity index (χ4n) is 2.25. The highest BCUT2D eigenvalue weighted by Gasteiger charge is 2.13. The summed E-state index contributed by atoms with van der Waals surface area (Å²) in [5.74, 6) is -1.42. The van der Waals surface area contributed by atoms with Crippen LogP contribution < -0.4 is 27.4 Å². The van der Waals surface area contributed by atoms with Gasteiger partial charge >= 0.3 is 11.9 Å². The second kappa shape index (κ2) is 18.0. The van der Waals surface area contributed by atoms with Crippen LogP contribution in [0, 0.1) is 0 Å². The van der Waals surface area contributed by atoms with Gasteiger partial charge in [0.2, 0.25) is 0 Å². The molecule has 31 heavy (non-hydrogen) atoms. The smallest absolute Gasteiger partial charge is 0.329 e. The van der Waals surface area contributed by atoms with Gasteiger partial charge in [-0.05, 0) is 24.3 Å². The standard InChI is InChI=1S/C14H10O4.C8H23N5/c15-13(11-7-3-1-4-8-11)17-18-14(16)12-9-5-2-6-10-12;9-1-3-11-5-7-13-8-6-12-4-2-10/h1-10H;11-13H,1-10H2. The monoisotopic (exact) mass is 431 g/mol. The highest BCUT2D eigenvalue weighted by molar-refractivity contribution is 5.92. The summed E-state index contributed by atoms with van der Waals surface area (Å²) in [6.45, 7) is 7.15. The predicted molar refractivity (Wildman–Crippen MR) is 120 cm³/mol. The Morgan fingerprint density at radius 3 is 1.23 bits per heavy atom. The van der Waals surface area contributed by atoms with E-state index in [2.05, 4.69) is 25.7 Å². The Balaban J connectivity index is 0.000000330. The molecule has 0 fully saturated rings. The van der Waals surface area contributed by atoms with E-state index >= 15 is 0 Å². The summed E-state index contributed by atoms with van der Waals surface area (Å²) in [5.41, 5.74) is 11.3. The quantitative estimate of drug-likeness (QED) is 0.182. The summed E-state index contributed by atoms with van der Waals surface area (Å²) in [7, 11) is 0. The SMILES string of the molecule is NCCNCCNCCNCCN.O=C(OOC(=O)c1ccccc1)c1ccccc1. The molecule has 170 valence electrons. The van der Waals surface area contributed by atoms with Gasteiger partial charge in [-0.25, -0.2) is 19.4 Å². The summed E-state index contributed by atoms with van der Waals surface area (Å²) in [5, 5.41) is 9.71. The van der Waals surface area contributed by atoms with Crippen LogP contribution in [0.25, 0.3) is 0 Å². The minimum atomic E-state index is -0.708. The molecule has 9 nitrogen and oxygen atoms in total. The number of hydrogen-bond acceptors (Lipinski definition) is 9. The van der Waals surface area contributed by atoms with Crippen molar-refractivity contribution < 1.29 is 19.4 Å². The van der Waals surface area contributed by atoms with Gasteiger partial charge in [-0.15, -0.1) is 0 Å². The fourth-order valence-corrected chi connectivity index (χ4v) is 2.25. The van der Waals surface area contributed by atoms with Crippen LogP contribution in [0.5, 0.6) is 0 Å². The minimum absolute atomic E-state index is 0.318. The van der Waals surface area contributed by atoms with Gasteiger partial charge in [0.1, 0.15) is 0 Å². The number of rotatable bonds is 12. The van der Waals surface area contributed by atoms with Crippen molar-refractivity contribution in [1.29, 1.82) is 0 Å². The second-order valence-electron chi connectivity index (χ2n) is 6.30. The summed E-state index contributed by atoms with van der Waals surface area (Å²) >= 11 is 0. The first kappa shape index (κ1) is 26.2.